The Morgan fingerprint density at radius 3 is 2.83 bits per heavy atom. The molecule has 0 saturated carbocycles. The fraction of sp³-hybridized carbons (Fsp3) is 0.368. The lowest BCUT2D eigenvalue weighted by Crippen LogP contribution is -2.44. The van der Waals surface area contributed by atoms with E-state index in [9.17, 15) is 4.79 Å². The zero-order chi connectivity index (χ0) is 15.6. The summed E-state index contributed by atoms with van der Waals surface area (Å²) in [5.41, 5.74) is 3.47. The Bertz CT molecular complexity index is 701. The third-order valence-electron chi connectivity index (χ3n) is 4.91. The van der Waals surface area contributed by atoms with Gasteiger partial charge < -0.3 is 4.90 Å². The third kappa shape index (κ3) is 2.69. The van der Waals surface area contributed by atoms with Crippen LogP contribution in [0.3, 0.4) is 0 Å². The molecular weight excluding hydrogens is 286 g/mol. The average Bonchev–Trinajstić information content (AvgIpc) is 3.11. The first-order valence-corrected chi connectivity index (χ1v) is 8.38. The van der Waals surface area contributed by atoms with Crippen molar-refractivity contribution in [3.63, 3.8) is 0 Å². The van der Waals surface area contributed by atoms with Gasteiger partial charge in [0.25, 0.3) is 0 Å². The minimum Gasteiger partial charge on any atom is -0.324 e. The summed E-state index contributed by atoms with van der Waals surface area (Å²) in [7, 11) is 0. The Morgan fingerprint density at radius 2 is 1.96 bits per heavy atom. The van der Waals surface area contributed by atoms with Gasteiger partial charge in [0, 0.05) is 43.1 Å². The number of pyridine rings is 1. The number of nitrogens with zero attached hydrogens (tertiary/aromatic N) is 3. The molecule has 4 heteroatoms. The highest BCUT2D eigenvalue weighted by Gasteiger charge is 2.32. The van der Waals surface area contributed by atoms with Crippen LogP contribution in [0.4, 0.5) is 10.5 Å². The molecular formula is C19H21N3O. The molecule has 3 heterocycles. The van der Waals surface area contributed by atoms with Gasteiger partial charge >= 0.3 is 6.03 Å². The van der Waals surface area contributed by atoms with Crippen LogP contribution in [0.2, 0.25) is 0 Å². The lowest BCUT2D eigenvalue weighted by Gasteiger charge is -2.32. The lowest BCUT2D eigenvalue weighted by atomic mass is 10.0. The molecule has 1 saturated heterocycles. The van der Waals surface area contributed by atoms with Crippen LogP contribution in [-0.4, -0.2) is 35.5 Å². The first-order chi connectivity index (χ1) is 11.3. The maximum Gasteiger partial charge on any atom is 0.324 e. The van der Waals surface area contributed by atoms with Crippen LogP contribution in [0.25, 0.3) is 0 Å². The summed E-state index contributed by atoms with van der Waals surface area (Å²) in [5.74, 6) is 0.361. The smallest absolute Gasteiger partial charge is 0.324 e. The number of hydrogen-bond acceptors (Lipinski definition) is 2. The van der Waals surface area contributed by atoms with E-state index >= 15 is 0 Å². The van der Waals surface area contributed by atoms with Gasteiger partial charge in [0.1, 0.15) is 0 Å². The van der Waals surface area contributed by atoms with Crippen LogP contribution in [0.1, 0.15) is 30.0 Å². The number of likely N-dealkylation sites (tertiary alicyclic amines) is 1. The van der Waals surface area contributed by atoms with Crippen molar-refractivity contribution < 1.29 is 4.79 Å². The zero-order valence-electron chi connectivity index (χ0n) is 13.2. The molecule has 0 bridgehead atoms. The number of benzene rings is 1. The predicted octanol–water partition coefficient (Wildman–Crippen LogP) is 3.44. The minimum atomic E-state index is 0.149. The molecule has 0 aliphatic carbocycles. The first-order valence-electron chi connectivity index (χ1n) is 8.38. The number of urea groups is 1. The van der Waals surface area contributed by atoms with Gasteiger partial charge in [-0.15, -0.1) is 0 Å². The standard InChI is InChI=1S/C19H21N3O/c23-19(22-12-5-7-15-6-1-2-9-18(15)22)21-13-10-16(14-21)17-8-3-4-11-20-17/h1-4,6,8-9,11,16H,5,7,10,12-14H2. The van der Waals surface area contributed by atoms with Crippen LogP contribution < -0.4 is 4.90 Å². The van der Waals surface area contributed by atoms with Gasteiger partial charge in [0.15, 0.2) is 0 Å². The number of anilines is 1. The van der Waals surface area contributed by atoms with Gasteiger partial charge in [-0.25, -0.2) is 4.79 Å². The maximum absolute atomic E-state index is 13.0. The van der Waals surface area contributed by atoms with E-state index in [1.165, 1.54) is 5.56 Å². The summed E-state index contributed by atoms with van der Waals surface area (Å²) in [6.45, 7) is 2.41. The molecule has 1 fully saturated rings. The second kappa shape index (κ2) is 6.03. The molecule has 118 valence electrons. The Balaban J connectivity index is 1.51. The van der Waals surface area contributed by atoms with E-state index < -0.39 is 0 Å². The van der Waals surface area contributed by atoms with E-state index in [4.69, 9.17) is 0 Å². The van der Waals surface area contributed by atoms with Crippen LogP contribution in [0, 0.1) is 0 Å². The molecule has 2 aromatic rings. The molecule has 1 aromatic carbocycles. The summed E-state index contributed by atoms with van der Waals surface area (Å²) in [5, 5.41) is 0. The highest BCUT2D eigenvalue weighted by Crippen LogP contribution is 2.31. The van der Waals surface area contributed by atoms with Gasteiger partial charge in [-0.2, -0.15) is 0 Å². The van der Waals surface area contributed by atoms with Crippen molar-refractivity contribution in [1.82, 2.24) is 9.88 Å². The number of aryl methyl sites for hydroxylation is 1. The predicted molar refractivity (Wildman–Crippen MR) is 90.7 cm³/mol. The van der Waals surface area contributed by atoms with Crippen molar-refractivity contribution >= 4 is 11.7 Å². The summed E-state index contributed by atoms with van der Waals surface area (Å²) in [6.07, 6.45) is 4.94. The second-order valence-electron chi connectivity index (χ2n) is 6.35. The molecule has 1 unspecified atom stereocenters. The molecule has 2 aliphatic heterocycles. The number of para-hydroxylation sites is 1. The summed E-state index contributed by atoms with van der Waals surface area (Å²) in [6, 6.07) is 14.4. The Morgan fingerprint density at radius 1 is 1.09 bits per heavy atom. The molecule has 1 atom stereocenters. The molecule has 4 nitrogen and oxygen atoms in total. The van der Waals surface area contributed by atoms with Gasteiger partial charge in [-0.1, -0.05) is 24.3 Å². The van der Waals surface area contributed by atoms with Crippen molar-refractivity contribution in [2.75, 3.05) is 24.5 Å². The van der Waals surface area contributed by atoms with Crippen LogP contribution in [-0.2, 0) is 6.42 Å². The number of amides is 2. The van der Waals surface area contributed by atoms with E-state index in [1.54, 1.807) is 0 Å². The zero-order valence-corrected chi connectivity index (χ0v) is 13.2. The van der Waals surface area contributed by atoms with E-state index in [0.717, 1.165) is 50.3 Å². The highest BCUT2D eigenvalue weighted by atomic mass is 16.2. The Kier molecular flexibility index (Phi) is 3.74. The van der Waals surface area contributed by atoms with Gasteiger partial charge in [-0.3, -0.25) is 9.88 Å². The van der Waals surface area contributed by atoms with Crippen LogP contribution in [0.15, 0.2) is 48.7 Å². The van der Waals surface area contributed by atoms with Gasteiger partial charge in [0.2, 0.25) is 0 Å². The molecule has 0 spiro atoms. The van der Waals surface area contributed by atoms with E-state index in [-0.39, 0.29) is 6.03 Å². The summed E-state index contributed by atoms with van der Waals surface area (Å²) >= 11 is 0. The van der Waals surface area contributed by atoms with Crippen molar-refractivity contribution in [3.05, 3.63) is 59.9 Å². The normalized spacial score (nSPS) is 20.4. The number of aromatic nitrogens is 1. The molecule has 0 radical (unpaired) electrons. The van der Waals surface area contributed by atoms with Gasteiger partial charge in [0.05, 0.1) is 0 Å². The van der Waals surface area contributed by atoms with Gasteiger partial charge in [-0.05, 0) is 43.0 Å². The molecule has 0 N–H and O–H groups in total. The molecule has 1 aromatic heterocycles. The summed E-state index contributed by atoms with van der Waals surface area (Å²) in [4.78, 5) is 21.4. The number of rotatable bonds is 1. The Labute approximate surface area is 136 Å². The largest absolute Gasteiger partial charge is 0.324 e. The minimum absolute atomic E-state index is 0.149. The number of carbonyl (C=O) groups is 1. The monoisotopic (exact) mass is 307 g/mol. The number of fused-ring (bicyclic) bond motifs is 1. The summed E-state index contributed by atoms with van der Waals surface area (Å²) < 4.78 is 0. The maximum atomic E-state index is 13.0. The Hall–Kier alpha value is -2.36. The number of carbonyl (C=O) groups excluding carboxylic acids is 1. The van der Waals surface area contributed by atoms with Crippen LogP contribution >= 0.6 is 0 Å². The van der Waals surface area contributed by atoms with Crippen molar-refractivity contribution in [3.8, 4) is 0 Å². The van der Waals surface area contributed by atoms with Crippen molar-refractivity contribution in [1.29, 1.82) is 0 Å². The van der Waals surface area contributed by atoms with E-state index in [0.29, 0.717) is 5.92 Å². The molecule has 2 amide bonds. The molecule has 2 aliphatic rings. The quantitative estimate of drug-likeness (QED) is 0.809. The fourth-order valence-corrected chi connectivity index (χ4v) is 3.70. The number of hydrogen-bond donors (Lipinski definition) is 0. The third-order valence-corrected chi connectivity index (χ3v) is 4.91. The lowest BCUT2D eigenvalue weighted by molar-refractivity contribution is 0.214. The highest BCUT2D eigenvalue weighted by molar-refractivity contribution is 5.93. The molecule has 23 heavy (non-hydrogen) atoms. The van der Waals surface area contributed by atoms with E-state index in [1.807, 2.05) is 34.2 Å². The van der Waals surface area contributed by atoms with Crippen LogP contribution in [0.5, 0.6) is 0 Å². The fourth-order valence-electron chi connectivity index (χ4n) is 3.70. The second-order valence-corrected chi connectivity index (χ2v) is 6.35. The topological polar surface area (TPSA) is 36.4 Å². The average molecular weight is 307 g/mol. The molecule has 4 rings (SSSR count). The van der Waals surface area contributed by atoms with Crippen molar-refractivity contribution in [2.45, 2.75) is 25.2 Å². The van der Waals surface area contributed by atoms with E-state index in [2.05, 4.69) is 29.2 Å². The first kappa shape index (κ1) is 14.2. The SMILES string of the molecule is O=C(N1CCC(c2ccccn2)C1)N1CCCc2ccccc21. The van der Waals surface area contributed by atoms with Crippen molar-refractivity contribution in [2.24, 2.45) is 0 Å².